The van der Waals surface area contributed by atoms with E-state index in [0.29, 0.717) is 17.1 Å². The second kappa shape index (κ2) is 7.31. The van der Waals surface area contributed by atoms with E-state index in [1.807, 2.05) is 0 Å². The van der Waals surface area contributed by atoms with Crippen LogP contribution in [0.5, 0.6) is 0 Å². The van der Waals surface area contributed by atoms with E-state index in [0.717, 1.165) is 17.9 Å². The lowest BCUT2D eigenvalue weighted by molar-refractivity contribution is 0.116. The minimum absolute atomic E-state index is 0.593. The van der Waals surface area contributed by atoms with Crippen molar-refractivity contribution in [1.82, 2.24) is 10.3 Å². The maximum absolute atomic E-state index is 5.75. The van der Waals surface area contributed by atoms with Crippen LogP contribution >= 0.6 is 22.9 Å². The summed E-state index contributed by atoms with van der Waals surface area (Å²) < 4.78 is 6.20. The second-order valence-corrected chi connectivity index (χ2v) is 6.12. The Morgan fingerprint density at radius 2 is 2.47 bits per heavy atom. The van der Waals surface area contributed by atoms with Crippen molar-refractivity contribution in [2.24, 2.45) is 0 Å². The van der Waals surface area contributed by atoms with Gasteiger partial charge in [-0.15, -0.1) is 11.3 Å². The quantitative estimate of drug-likeness (QED) is 0.809. The van der Waals surface area contributed by atoms with Gasteiger partial charge in [-0.3, -0.25) is 0 Å². The molecule has 17 heavy (non-hydrogen) atoms. The number of rotatable bonds is 6. The van der Waals surface area contributed by atoms with Gasteiger partial charge >= 0.3 is 0 Å². The molecule has 0 aromatic carbocycles. The number of hydrogen-bond donors (Lipinski definition) is 1. The summed E-state index contributed by atoms with van der Waals surface area (Å²) in [6, 6.07) is 0.713. The van der Waals surface area contributed by atoms with Crippen molar-refractivity contribution < 1.29 is 4.74 Å². The smallest absolute Gasteiger partial charge is 0.183 e. The summed E-state index contributed by atoms with van der Waals surface area (Å²) in [4.78, 5) is 5.09. The van der Waals surface area contributed by atoms with Gasteiger partial charge in [0.25, 0.3) is 0 Å². The van der Waals surface area contributed by atoms with E-state index in [-0.39, 0.29) is 0 Å². The van der Waals surface area contributed by atoms with Crippen molar-refractivity contribution in [3.63, 3.8) is 0 Å². The number of hydrogen-bond acceptors (Lipinski definition) is 4. The van der Waals surface area contributed by atoms with Crippen LogP contribution in [0, 0.1) is 0 Å². The first-order chi connectivity index (χ1) is 8.34. The van der Waals surface area contributed by atoms with Gasteiger partial charge < -0.3 is 10.1 Å². The molecule has 5 heteroatoms. The molecule has 0 saturated carbocycles. The lowest BCUT2D eigenvalue weighted by Gasteiger charge is -2.23. The molecule has 1 aromatic heterocycles. The topological polar surface area (TPSA) is 34.1 Å². The van der Waals surface area contributed by atoms with Crippen LogP contribution in [0.1, 0.15) is 37.0 Å². The molecule has 0 aliphatic carbocycles. The van der Waals surface area contributed by atoms with Gasteiger partial charge in [0, 0.05) is 18.8 Å². The van der Waals surface area contributed by atoms with Crippen LogP contribution in [0.15, 0.2) is 6.20 Å². The number of ether oxygens (including phenoxy) is 1. The van der Waals surface area contributed by atoms with Crippen molar-refractivity contribution in [2.75, 3.05) is 13.2 Å². The molecule has 0 spiro atoms. The molecule has 1 aliphatic rings. The zero-order chi connectivity index (χ0) is 11.9. The molecule has 0 amide bonds. The molecule has 0 radical (unpaired) electrons. The fourth-order valence-corrected chi connectivity index (χ4v) is 3.04. The van der Waals surface area contributed by atoms with E-state index in [2.05, 4.69) is 10.3 Å². The highest BCUT2D eigenvalue weighted by molar-refractivity contribution is 7.15. The van der Waals surface area contributed by atoms with Gasteiger partial charge in [-0.25, -0.2) is 4.98 Å². The molecule has 3 nitrogen and oxygen atoms in total. The lowest BCUT2D eigenvalue weighted by Crippen LogP contribution is -2.33. The molecule has 96 valence electrons. The number of nitrogens with zero attached hydrogens (tertiary/aromatic N) is 1. The Morgan fingerprint density at radius 1 is 1.53 bits per heavy atom. The molecule has 1 N–H and O–H groups in total. The van der Waals surface area contributed by atoms with Crippen LogP contribution in [0.4, 0.5) is 0 Å². The Labute approximate surface area is 112 Å². The van der Waals surface area contributed by atoms with Crippen molar-refractivity contribution >= 4 is 22.9 Å². The predicted octanol–water partition coefficient (Wildman–Crippen LogP) is 3.24. The predicted molar refractivity (Wildman–Crippen MR) is 71.7 cm³/mol. The summed E-state index contributed by atoms with van der Waals surface area (Å²) in [6.07, 6.45) is 8.17. The Hall–Kier alpha value is -0.160. The van der Waals surface area contributed by atoms with E-state index in [9.17, 15) is 0 Å². The van der Waals surface area contributed by atoms with Crippen LogP contribution in [0.3, 0.4) is 0 Å². The van der Waals surface area contributed by atoms with Crippen molar-refractivity contribution in [2.45, 2.75) is 44.8 Å². The van der Waals surface area contributed by atoms with Crippen LogP contribution in [0.2, 0.25) is 4.47 Å². The highest BCUT2D eigenvalue weighted by atomic mass is 35.5. The van der Waals surface area contributed by atoms with E-state index in [1.165, 1.54) is 43.6 Å². The summed E-state index contributed by atoms with van der Waals surface area (Å²) in [5.41, 5.74) is 0. The Balaban J connectivity index is 1.51. The highest BCUT2D eigenvalue weighted by Gasteiger charge is 2.11. The molecular weight excluding hydrogens is 256 g/mol. The lowest BCUT2D eigenvalue weighted by atomic mass is 10.0. The van der Waals surface area contributed by atoms with Gasteiger partial charge in [-0.1, -0.05) is 18.0 Å². The molecular formula is C12H19ClN2OS. The first-order valence-corrected chi connectivity index (χ1v) is 7.45. The fourth-order valence-electron chi connectivity index (χ4n) is 2.13. The van der Waals surface area contributed by atoms with E-state index in [4.69, 9.17) is 16.3 Å². The standard InChI is InChI=1S/C12H19ClN2OS/c13-12-15-8-11(17-12)9-16-7-3-5-10-4-1-2-6-14-10/h8,10,14H,1-7,9H2/t10-/m0/s1. The van der Waals surface area contributed by atoms with E-state index in [1.54, 1.807) is 6.20 Å². The maximum Gasteiger partial charge on any atom is 0.183 e. The summed E-state index contributed by atoms with van der Waals surface area (Å²) in [5.74, 6) is 0. The SMILES string of the molecule is Clc1ncc(COCCC[C@@H]2CCCCN2)s1. The zero-order valence-electron chi connectivity index (χ0n) is 9.95. The molecule has 1 atom stereocenters. The van der Waals surface area contributed by atoms with Gasteiger partial charge in [-0.05, 0) is 32.2 Å². The van der Waals surface area contributed by atoms with E-state index >= 15 is 0 Å². The zero-order valence-corrected chi connectivity index (χ0v) is 11.5. The van der Waals surface area contributed by atoms with Crippen molar-refractivity contribution in [1.29, 1.82) is 0 Å². The molecule has 2 heterocycles. The van der Waals surface area contributed by atoms with Crippen LogP contribution in [-0.2, 0) is 11.3 Å². The minimum Gasteiger partial charge on any atom is -0.376 e. The average Bonchev–Trinajstić information content (AvgIpc) is 2.76. The minimum atomic E-state index is 0.593. The Morgan fingerprint density at radius 3 is 3.18 bits per heavy atom. The molecule has 0 unspecified atom stereocenters. The Bertz CT molecular complexity index is 326. The van der Waals surface area contributed by atoms with Crippen molar-refractivity contribution in [3.05, 3.63) is 15.5 Å². The summed E-state index contributed by atoms with van der Waals surface area (Å²) in [7, 11) is 0. The molecule has 1 aliphatic heterocycles. The van der Waals surface area contributed by atoms with Gasteiger partial charge in [0.1, 0.15) is 0 Å². The highest BCUT2D eigenvalue weighted by Crippen LogP contribution is 2.18. The van der Waals surface area contributed by atoms with Crippen LogP contribution in [-0.4, -0.2) is 24.2 Å². The third kappa shape index (κ3) is 4.92. The monoisotopic (exact) mass is 274 g/mol. The van der Waals surface area contributed by atoms with Crippen LogP contribution in [0.25, 0.3) is 0 Å². The molecule has 1 saturated heterocycles. The number of thiazole rings is 1. The van der Waals surface area contributed by atoms with Gasteiger partial charge in [0.2, 0.25) is 0 Å². The van der Waals surface area contributed by atoms with Crippen LogP contribution < -0.4 is 5.32 Å². The summed E-state index contributed by atoms with van der Waals surface area (Å²) in [5, 5.41) is 3.55. The third-order valence-corrected chi connectivity index (χ3v) is 4.11. The average molecular weight is 275 g/mol. The molecule has 0 bridgehead atoms. The largest absolute Gasteiger partial charge is 0.376 e. The first kappa shape index (κ1) is 13.3. The fraction of sp³-hybridized carbons (Fsp3) is 0.750. The van der Waals surface area contributed by atoms with E-state index < -0.39 is 0 Å². The van der Waals surface area contributed by atoms with Gasteiger partial charge in [0.05, 0.1) is 11.5 Å². The summed E-state index contributed by atoms with van der Waals surface area (Å²) in [6.45, 7) is 2.65. The number of piperidine rings is 1. The first-order valence-electron chi connectivity index (χ1n) is 6.26. The summed E-state index contributed by atoms with van der Waals surface area (Å²) >= 11 is 7.24. The number of nitrogens with one attached hydrogen (secondary N) is 1. The third-order valence-electron chi connectivity index (χ3n) is 3.02. The number of halogens is 1. The van der Waals surface area contributed by atoms with Gasteiger partial charge in [0.15, 0.2) is 4.47 Å². The Kier molecular flexibility index (Phi) is 5.71. The molecule has 2 rings (SSSR count). The molecule has 1 aromatic rings. The second-order valence-electron chi connectivity index (χ2n) is 4.42. The number of aromatic nitrogens is 1. The van der Waals surface area contributed by atoms with Gasteiger partial charge in [-0.2, -0.15) is 0 Å². The normalized spacial score (nSPS) is 20.6. The maximum atomic E-state index is 5.75. The molecule has 1 fully saturated rings. The van der Waals surface area contributed by atoms with Crippen molar-refractivity contribution in [3.8, 4) is 0 Å².